The van der Waals surface area contributed by atoms with E-state index in [0.29, 0.717) is 6.04 Å². The van der Waals surface area contributed by atoms with Crippen molar-refractivity contribution >= 4 is 15.9 Å². The highest BCUT2D eigenvalue weighted by Gasteiger charge is 2.15. The molecule has 1 heterocycles. The van der Waals surface area contributed by atoms with Crippen molar-refractivity contribution in [3.05, 3.63) is 34.3 Å². The highest BCUT2D eigenvalue weighted by molar-refractivity contribution is 9.10. The summed E-state index contributed by atoms with van der Waals surface area (Å²) >= 11 is 3.69. The summed E-state index contributed by atoms with van der Waals surface area (Å²) < 4.78 is 1.22. The predicted octanol–water partition coefficient (Wildman–Crippen LogP) is 4.37. The van der Waals surface area contributed by atoms with Gasteiger partial charge in [0.15, 0.2) is 0 Å². The Kier molecular flexibility index (Phi) is 7.05. The Morgan fingerprint density at radius 1 is 1.15 bits per heavy atom. The van der Waals surface area contributed by atoms with Crippen LogP contribution >= 0.6 is 15.9 Å². The number of nitrogens with one attached hydrogen (secondary N) is 1. The monoisotopic (exact) mass is 338 g/mol. The molecule has 112 valence electrons. The van der Waals surface area contributed by atoms with Gasteiger partial charge in [-0.1, -0.05) is 53.9 Å². The molecule has 1 aliphatic heterocycles. The molecule has 1 N–H and O–H groups in total. The van der Waals surface area contributed by atoms with Crippen LogP contribution in [0.1, 0.15) is 50.6 Å². The maximum Gasteiger partial charge on any atom is 0.0343 e. The Morgan fingerprint density at radius 2 is 1.85 bits per heavy atom. The summed E-state index contributed by atoms with van der Waals surface area (Å²) in [7, 11) is 0. The maximum atomic E-state index is 3.69. The van der Waals surface area contributed by atoms with Crippen LogP contribution in [-0.2, 0) is 0 Å². The second kappa shape index (κ2) is 8.81. The van der Waals surface area contributed by atoms with E-state index in [1.54, 1.807) is 0 Å². The summed E-state index contributed by atoms with van der Waals surface area (Å²) in [5.74, 6) is 0. The van der Waals surface area contributed by atoms with Crippen LogP contribution in [0.25, 0.3) is 0 Å². The smallest absolute Gasteiger partial charge is 0.0343 e. The lowest BCUT2D eigenvalue weighted by molar-refractivity contribution is 0.266. The average molecular weight is 339 g/mol. The number of halogens is 1. The van der Waals surface area contributed by atoms with Gasteiger partial charge < -0.3 is 10.2 Å². The summed E-state index contributed by atoms with van der Waals surface area (Å²) in [5.41, 5.74) is 1.39. The minimum atomic E-state index is 0.457. The first-order valence-corrected chi connectivity index (χ1v) is 8.80. The lowest BCUT2D eigenvalue weighted by Crippen LogP contribution is -2.30. The van der Waals surface area contributed by atoms with Crippen LogP contribution in [0.2, 0.25) is 0 Å². The van der Waals surface area contributed by atoms with Gasteiger partial charge >= 0.3 is 0 Å². The summed E-state index contributed by atoms with van der Waals surface area (Å²) in [6.07, 6.45) is 6.77. The fourth-order valence-electron chi connectivity index (χ4n) is 3.04. The van der Waals surface area contributed by atoms with E-state index in [1.807, 2.05) is 0 Å². The molecule has 1 unspecified atom stereocenters. The zero-order valence-electron chi connectivity index (χ0n) is 12.6. The predicted molar refractivity (Wildman–Crippen MR) is 90.1 cm³/mol. The van der Waals surface area contributed by atoms with Gasteiger partial charge in [-0.2, -0.15) is 0 Å². The largest absolute Gasteiger partial charge is 0.310 e. The van der Waals surface area contributed by atoms with Gasteiger partial charge in [-0.25, -0.2) is 0 Å². The molecule has 0 aromatic heterocycles. The van der Waals surface area contributed by atoms with Crippen molar-refractivity contribution in [2.45, 2.75) is 45.1 Å². The highest BCUT2D eigenvalue weighted by atomic mass is 79.9. The molecule has 1 aromatic carbocycles. The Labute approximate surface area is 132 Å². The Morgan fingerprint density at radius 3 is 2.50 bits per heavy atom. The van der Waals surface area contributed by atoms with Gasteiger partial charge in [0.1, 0.15) is 0 Å². The van der Waals surface area contributed by atoms with E-state index in [2.05, 4.69) is 57.3 Å². The molecule has 1 aliphatic rings. The van der Waals surface area contributed by atoms with Crippen molar-refractivity contribution in [2.24, 2.45) is 0 Å². The van der Waals surface area contributed by atoms with E-state index >= 15 is 0 Å². The molecule has 3 heteroatoms. The third kappa shape index (κ3) is 4.87. The molecule has 0 saturated carbocycles. The maximum absolute atomic E-state index is 3.69. The molecule has 20 heavy (non-hydrogen) atoms. The van der Waals surface area contributed by atoms with E-state index in [0.717, 1.165) is 6.54 Å². The first-order chi connectivity index (χ1) is 9.81. The fourth-order valence-corrected chi connectivity index (χ4v) is 3.60. The average Bonchev–Trinajstić information content (AvgIpc) is 2.73. The molecule has 0 spiro atoms. The van der Waals surface area contributed by atoms with Crippen LogP contribution in [0, 0.1) is 0 Å². The van der Waals surface area contributed by atoms with Gasteiger partial charge in [-0.05, 0) is 57.1 Å². The van der Waals surface area contributed by atoms with Crippen LogP contribution in [0.4, 0.5) is 0 Å². The molecular formula is C17H27BrN2. The number of rotatable bonds is 6. The third-order valence-corrected chi connectivity index (χ3v) is 4.89. The van der Waals surface area contributed by atoms with Crippen molar-refractivity contribution in [3.63, 3.8) is 0 Å². The summed E-state index contributed by atoms with van der Waals surface area (Å²) in [6, 6.07) is 9.06. The molecule has 1 saturated heterocycles. The molecule has 0 amide bonds. The highest BCUT2D eigenvalue weighted by Crippen LogP contribution is 2.26. The van der Waals surface area contributed by atoms with Gasteiger partial charge in [0.2, 0.25) is 0 Å². The first kappa shape index (κ1) is 16.0. The lowest BCUT2D eigenvalue weighted by Gasteiger charge is -2.25. The van der Waals surface area contributed by atoms with Crippen molar-refractivity contribution in [3.8, 4) is 0 Å². The zero-order chi connectivity index (χ0) is 14.2. The van der Waals surface area contributed by atoms with Crippen molar-refractivity contribution in [1.29, 1.82) is 0 Å². The number of hydrogen-bond donors (Lipinski definition) is 1. The van der Waals surface area contributed by atoms with Gasteiger partial charge in [0.05, 0.1) is 0 Å². The molecule has 2 nitrogen and oxygen atoms in total. The van der Waals surface area contributed by atoms with Gasteiger partial charge in [0.25, 0.3) is 0 Å². The Balaban J connectivity index is 1.93. The standard InChI is InChI=1S/C17H27BrN2/c1-2-19-17(15-9-5-6-10-16(15)18)11-14-20-12-7-3-4-8-13-20/h5-6,9-10,17,19H,2-4,7-8,11-14H2,1H3. The van der Waals surface area contributed by atoms with Gasteiger partial charge in [-0.3, -0.25) is 0 Å². The van der Waals surface area contributed by atoms with Crippen LogP contribution in [0.3, 0.4) is 0 Å². The fraction of sp³-hybridized carbons (Fsp3) is 0.647. The minimum Gasteiger partial charge on any atom is -0.310 e. The minimum absolute atomic E-state index is 0.457. The number of nitrogens with zero attached hydrogens (tertiary/aromatic N) is 1. The Bertz CT molecular complexity index is 386. The van der Waals surface area contributed by atoms with Crippen molar-refractivity contribution in [1.82, 2.24) is 10.2 Å². The molecule has 1 fully saturated rings. The molecule has 1 atom stereocenters. The van der Waals surface area contributed by atoms with Gasteiger partial charge in [-0.15, -0.1) is 0 Å². The van der Waals surface area contributed by atoms with E-state index in [-0.39, 0.29) is 0 Å². The summed E-state index contributed by atoms with van der Waals surface area (Å²) in [6.45, 7) is 6.99. The molecule has 0 radical (unpaired) electrons. The number of hydrogen-bond acceptors (Lipinski definition) is 2. The third-order valence-electron chi connectivity index (χ3n) is 4.16. The lowest BCUT2D eigenvalue weighted by atomic mass is 10.0. The normalized spacial score (nSPS) is 18.7. The molecule has 1 aromatic rings. The second-order valence-electron chi connectivity index (χ2n) is 5.68. The van der Waals surface area contributed by atoms with Crippen LogP contribution < -0.4 is 5.32 Å². The number of likely N-dealkylation sites (tertiary alicyclic amines) is 1. The van der Waals surface area contributed by atoms with Gasteiger partial charge in [0, 0.05) is 10.5 Å². The van der Waals surface area contributed by atoms with E-state index in [1.165, 1.54) is 61.8 Å². The first-order valence-electron chi connectivity index (χ1n) is 8.01. The van der Waals surface area contributed by atoms with Crippen molar-refractivity contribution < 1.29 is 0 Å². The molecule has 2 rings (SSSR count). The number of benzene rings is 1. The van der Waals surface area contributed by atoms with Crippen LogP contribution in [-0.4, -0.2) is 31.1 Å². The quantitative estimate of drug-likeness (QED) is 0.828. The molecular weight excluding hydrogens is 312 g/mol. The van der Waals surface area contributed by atoms with E-state index in [4.69, 9.17) is 0 Å². The van der Waals surface area contributed by atoms with E-state index in [9.17, 15) is 0 Å². The Hall–Kier alpha value is -0.380. The second-order valence-corrected chi connectivity index (χ2v) is 6.53. The zero-order valence-corrected chi connectivity index (χ0v) is 14.2. The summed E-state index contributed by atoms with van der Waals surface area (Å²) in [5, 5.41) is 3.64. The van der Waals surface area contributed by atoms with Crippen molar-refractivity contribution in [2.75, 3.05) is 26.2 Å². The molecule has 0 aliphatic carbocycles. The van der Waals surface area contributed by atoms with Crippen LogP contribution in [0.15, 0.2) is 28.7 Å². The van der Waals surface area contributed by atoms with E-state index < -0.39 is 0 Å². The SMILES string of the molecule is CCNC(CCN1CCCCCC1)c1ccccc1Br. The summed E-state index contributed by atoms with van der Waals surface area (Å²) in [4.78, 5) is 2.65. The van der Waals surface area contributed by atoms with Crippen LogP contribution in [0.5, 0.6) is 0 Å². The topological polar surface area (TPSA) is 15.3 Å². The molecule has 0 bridgehead atoms.